The van der Waals surface area contributed by atoms with Gasteiger partial charge in [0, 0.05) is 24.9 Å². The first kappa shape index (κ1) is 22.3. The van der Waals surface area contributed by atoms with Crippen molar-refractivity contribution in [2.24, 2.45) is 0 Å². The lowest BCUT2D eigenvalue weighted by Gasteiger charge is -2.31. The minimum absolute atomic E-state index is 0.0761. The highest BCUT2D eigenvalue weighted by Gasteiger charge is 2.40. The van der Waals surface area contributed by atoms with Crippen LogP contribution in [0, 0.1) is 0 Å². The third kappa shape index (κ3) is 13.0. The molecule has 0 fully saturated rings. The predicted molar refractivity (Wildman–Crippen MR) is 90.8 cm³/mol. The van der Waals surface area contributed by atoms with Crippen LogP contribution in [0.25, 0.3) is 0 Å². The molecule has 6 heteroatoms. The van der Waals surface area contributed by atoms with E-state index >= 15 is 0 Å². The van der Waals surface area contributed by atoms with Crippen molar-refractivity contribution in [2.75, 3.05) is 6.61 Å². The van der Waals surface area contributed by atoms with Crippen LogP contribution in [0.1, 0.15) is 54.9 Å². The molecule has 0 saturated carbocycles. The highest BCUT2D eigenvalue weighted by molar-refractivity contribution is 6.66. The molecule has 0 unspecified atom stereocenters. The SMILES string of the molecule is C=C[Si](OC(C)C)(OC(C)C)OC(C)C.CCCO[SiH3]. The Hall–Kier alpha value is 0.0138. The summed E-state index contributed by atoms with van der Waals surface area (Å²) in [6, 6.07) is 0. The summed E-state index contributed by atoms with van der Waals surface area (Å²) in [5.41, 5.74) is 1.70. The lowest BCUT2D eigenvalue weighted by molar-refractivity contribution is 0.0140. The third-order valence-electron chi connectivity index (χ3n) is 1.86. The van der Waals surface area contributed by atoms with E-state index in [0.717, 1.165) is 23.5 Å². The lowest BCUT2D eigenvalue weighted by Crippen LogP contribution is -2.49. The van der Waals surface area contributed by atoms with Crippen molar-refractivity contribution in [1.82, 2.24) is 0 Å². The Morgan fingerprint density at radius 3 is 1.40 bits per heavy atom. The van der Waals surface area contributed by atoms with Crippen molar-refractivity contribution in [3.05, 3.63) is 12.3 Å². The topological polar surface area (TPSA) is 36.9 Å². The van der Waals surface area contributed by atoms with E-state index < -0.39 is 8.80 Å². The minimum Gasteiger partial charge on any atom is -0.428 e. The fraction of sp³-hybridized carbons (Fsp3) is 0.857. The molecule has 0 aromatic heterocycles. The summed E-state index contributed by atoms with van der Waals surface area (Å²) in [7, 11) is -1.80. The van der Waals surface area contributed by atoms with Gasteiger partial charge in [0.2, 0.25) is 0 Å². The molecule has 0 spiro atoms. The second-order valence-corrected chi connectivity index (χ2v) is 8.20. The highest BCUT2D eigenvalue weighted by atomic mass is 28.4. The Labute approximate surface area is 129 Å². The van der Waals surface area contributed by atoms with Gasteiger partial charge in [-0.3, -0.25) is 0 Å². The fourth-order valence-corrected chi connectivity index (χ4v) is 4.25. The van der Waals surface area contributed by atoms with Crippen molar-refractivity contribution < 1.29 is 17.7 Å². The summed E-state index contributed by atoms with van der Waals surface area (Å²) < 4.78 is 22.2. The van der Waals surface area contributed by atoms with Gasteiger partial charge in [0.1, 0.15) is 10.5 Å². The van der Waals surface area contributed by atoms with E-state index in [9.17, 15) is 0 Å². The monoisotopic (exact) mass is 322 g/mol. The molecule has 0 saturated heterocycles. The van der Waals surface area contributed by atoms with Crippen LogP contribution in [0.15, 0.2) is 12.3 Å². The summed E-state index contributed by atoms with van der Waals surface area (Å²) in [6.45, 7) is 18.7. The molecule has 0 aromatic rings. The van der Waals surface area contributed by atoms with Crippen LogP contribution in [0.3, 0.4) is 0 Å². The largest absolute Gasteiger partial charge is 0.529 e. The molecule has 0 amide bonds. The number of hydrogen-bond donors (Lipinski definition) is 0. The zero-order valence-corrected chi connectivity index (χ0v) is 17.6. The molecule has 0 radical (unpaired) electrons. The van der Waals surface area contributed by atoms with Crippen molar-refractivity contribution in [3.63, 3.8) is 0 Å². The van der Waals surface area contributed by atoms with E-state index in [-0.39, 0.29) is 18.3 Å². The molecule has 0 heterocycles. The Bertz CT molecular complexity index is 205. The van der Waals surface area contributed by atoms with Crippen LogP contribution < -0.4 is 0 Å². The van der Waals surface area contributed by atoms with E-state index in [1.807, 2.05) is 41.5 Å². The molecule has 0 rings (SSSR count). The van der Waals surface area contributed by atoms with Gasteiger partial charge in [-0.25, -0.2) is 0 Å². The maximum atomic E-state index is 5.79. The molecule has 0 aliphatic carbocycles. The standard InChI is InChI=1S/C11H24O3Si.C3H10OSi/c1-8-15(12-9(2)3,13-10(4)5)14-11(6)7;1-2-3-4-5/h8-11H,1H2,2-7H3;2-3H2,1,5H3. The Balaban J connectivity index is 0. The van der Waals surface area contributed by atoms with E-state index in [0.29, 0.717) is 0 Å². The van der Waals surface area contributed by atoms with E-state index in [1.165, 1.54) is 0 Å². The summed E-state index contributed by atoms with van der Waals surface area (Å²) in [6.07, 6.45) is 1.38. The summed E-state index contributed by atoms with van der Waals surface area (Å²) >= 11 is 0. The third-order valence-corrected chi connectivity index (χ3v) is 5.17. The summed E-state index contributed by atoms with van der Waals surface area (Å²) in [5.74, 6) is 0. The quantitative estimate of drug-likeness (QED) is 0.612. The normalized spacial score (nSPS) is 11.9. The Kier molecular flexibility index (Phi) is 14.2. The average Bonchev–Trinajstić information content (AvgIpc) is 2.27. The Morgan fingerprint density at radius 1 is 0.950 bits per heavy atom. The van der Waals surface area contributed by atoms with Gasteiger partial charge in [-0.1, -0.05) is 13.5 Å². The predicted octanol–water partition coefficient (Wildman–Crippen LogP) is 2.62. The van der Waals surface area contributed by atoms with Gasteiger partial charge in [0.05, 0.1) is 0 Å². The van der Waals surface area contributed by atoms with Crippen molar-refractivity contribution >= 4 is 19.3 Å². The van der Waals surface area contributed by atoms with Crippen molar-refractivity contribution in [2.45, 2.75) is 73.2 Å². The fourth-order valence-electron chi connectivity index (χ4n) is 1.42. The first-order valence-corrected chi connectivity index (χ1v) is 10.0. The molecule has 0 aromatic carbocycles. The van der Waals surface area contributed by atoms with Crippen molar-refractivity contribution in [1.29, 1.82) is 0 Å². The van der Waals surface area contributed by atoms with Crippen LogP contribution in [0.5, 0.6) is 0 Å². The van der Waals surface area contributed by atoms with Gasteiger partial charge in [-0.15, -0.1) is 0 Å². The molecule has 122 valence electrons. The maximum absolute atomic E-state index is 5.79. The molecule has 0 N–H and O–H groups in total. The average molecular weight is 323 g/mol. The van der Waals surface area contributed by atoms with Crippen molar-refractivity contribution in [3.8, 4) is 0 Å². The Morgan fingerprint density at radius 2 is 1.30 bits per heavy atom. The van der Waals surface area contributed by atoms with E-state index in [1.54, 1.807) is 5.70 Å². The first-order valence-electron chi connectivity index (χ1n) is 7.38. The smallest absolute Gasteiger partial charge is 0.428 e. The second-order valence-electron chi connectivity index (χ2n) is 5.30. The van der Waals surface area contributed by atoms with Crippen LogP contribution in [0.2, 0.25) is 0 Å². The molecular formula is C14H34O4Si2. The minimum atomic E-state index is -2.69. The van der Waals surface area contributed by atoms with E-state index in [4.69, 9.17) is 17.7 Å². The summed E-state index contributed by atoms with van der Waals surface area (Å²) in [4.78, 5) is 0. The molecule has 0 atom stereocenters. The molecule has 0 aliphatic heterocycles. The van der Waals surface area contributed by atoms with Gasteiger partial charge in [-0.2, -0.15) is 0 Å². The number of rotatable bonds is 9. The van der Waals surface area contributed by atoms with E-state index in [2.05, 4.69) is 13.5 Å². The lowest BCUT2D eigenvalue weighted by atomic mass is 10.5. The highest BCUT2D eigenvalue weighted by Crippen LogP contribution is 2.18. The van der Waals surface area contributed by atoms with Gasteiger partial charge in [-0.05, 0) is 53.7 Å². The molecule has 0 bridgehead atoms. The van der Waals surface area contributed by atoms with Gasteiger partial charge in [0.25, 0.3) is 0 Å². The maximum Gasteiger partial charge on any atom is 0.529 e. The van der Waals surface area contributed by atoms with Crippen LogP contribution in [0.4, 0.5) is 0 Å². The summed E-state index contributed by atoms with van der Waals surface area (Å²) in [5, 5.41) is 0. The number of hydrogen-bond acceptors (Lipinski definition) is 4. The van der Waals surface area contributed by atoms with Crippen LogP contribution in [-0.4, -0.2) is 44.2 Å². The second kappa shape index (κ2) is 12.7. The molecule has 0 aliphatic rings. The molecule has 20 heavy (non-hydrogen) atoms. The zero-order valence-electron chi connectivity index (χ0n) is 14.6. The molecular weight excluding hydrogens is 288 g/mol. The molecule has 4 nitrogen and oxygen atoms in total. The first-order chi connectivity index (χ1) is 9.22. The van der Waals surface area contributed by atoms with Gasteiger partial charge < -0.3 is 17.7 Å². The van der Waals surface area contributed by atoms with Crippen LogP contribution in [-0.2, 0) is 17.7 Å². The van der Waals surface area contributed by atoms with Crippen LogP contribution >= 0.6 is 0 Å². The zero-order chi connectivity index (χ0) is 16.2. The van der Waals surface area contributed by atoms with Gasteiger partial charge in [0.15, 0.2) is 0 Å². The van der Waals surface area contributed by atoms with Gasteiger partial charge >= 0.3 is 8.80 Å².